The van der Waals surface area contributed by atoms with Crippen LogP contribution in [-0.2, 0) is 4.74 Å². The molecule has 3 aromatic rings. The van der Waals surface area contributed by atoms with Crippen molar-refractivity contribution < 1.29 is 19.1 Å². The highest BCUT2D eigenvalue weighted by Gasteiger charge is 2.19. The van der Waals surface area contributed by atoms with E-state index in [-0.39, 0.29) is 23.8 Å². The van der Waals surface area contributed by atoms with E-state index in [4.69, 9.17) is 4.74 Å². The number of nitrogens with one attached hydrogen (secondary N) is 3. The Balaban J connectivity index is 1.46. The number of para-hydroxylation sites is 1. The largest absolute Gasteiger partial charge is 0.376 e. The molecule has 0 radical (unpaired) electrons. The van der Waals surface area contributed by atoms with Crippen molar-refractivity contribution in [3.05, 3.63) is 95.1 Å². The van der Waals surface area contributed by atoms with Gasteiger partial charge < -0.3 is 20.7 Å². The third kappa shape index (κ3) is 5.68. The SMILES string of the molecule is Cc1ccc(C(=O)Nc2ccccc2C(=O)NC[C@H]2CCCO2)cc1NC(=O)c1ccccc1. The van der Waals surface area contributed by atoms with Gasteiger partial charge in [0.2, 0.25) is 0 Å². The third-order valence-electron chi connectivity index (χ3n) is 5.72. The standard InChI is InChI=1S/C27H27N3O4/c1-18-13-14-20(16-24(18)30-25(31)19-8-3-2-4-9-19)26(32)29-23-12-6-5-11-22(23)27(33)28-17-21-10-7-15-34-21/h2-6,8-9,11-14,16,21H,7,10,15,17H2,1H3,(H,28,33)(H,29,32)(H,30,31)/t21-/m1/s1. The predicted molar refractivity (Wildman–Crippen MR) is 131 cm³/mol. The lowest BCUT2D eigenvalue weighted by molar-refractivity contribution is 0.0858. The van der Waals surface area contributed by atoms with Gasteiger partial charge in [0.15, 0.2) is 0 Å². The van der Waals surface area contributed by atoms with E-state index in [2.05, 4.69) is 16.0 Å². The highest BCUT2D eigenvalue weighted by atomic mass is 16.5. The maximum atomic E-state index is 13.0. The Morgan fingerprint density at radius 3 is 2.29 bits per heavy atom. The molecule has 3 N–H and O–H groups in total. The molecule has 0 spiro atoms. The van der Waals surface area contributed by atoms with Crippen molar-refractivity contribution >= 4 is 29.1 Å². The van der Waals surface area contributed by atoms with Gasteiger partial charge in [-0.2, -0.15) is 0 Å². The molecule has 1 atom stereocenters. The molecule has 0 bridgehead atoms. The van der Waals surface area contributed by atoms with Gasteiger partial charge in [-0.15, -0.1) is 0 Å². The quantitative estimate of drug-likeness (QED) is 0.490. The van der Waals surface area contributed by atoms with Crippen molar-refractivity contribution in [2.75, 3.05) is 23.8 Å². The van der Waals surface area contributed by atoms with E-state index in [0.29, 0.717) is 34.6 Å². The number of aryl methyl sites for hydroxylation is 1. The molecular formula is C27H27N3O4. The van der Waals surface area contributed by atoms with Gasteiger partial charge in [-0.3, -0.25) is 14.4 Å². The van der Waals surface area contributed by atoms with Crippen LogP contribution in [0.15, 0.2) is 72.8 Å². The van der Waals surface area contributed by atoms with Crippen molar-refractivity contribution in [2.45, 2.75) is 25.9 Å². The Bertz CT molecular complexity index is 1190. The zero-order chi connectivity index (χ0) is 23.9. The number of amides is 3. The van der Waals surface area contributed by atoms with E-state index in [9.17, 15) is 14.4 Å². The summed E-state index contributed by atoms with van der Waals surface area (Å²) in [4.78, 5) is 38.3. The fourth-order valence-electron chi connectivity index (χ4n) is 3.77. The second-order valence-electron chi connectivity index (χ2n) is 8.19. The van der Waals surface area contributed by atoms with Crippen molar-refractivity contribution in [1.82, 2.24) is 5.32 Å². The molecule has 1 saturated heterocycles. The van der Waals surface area contributed by atoms with E-state index >= 15 is 0 Å². The maximum absolute atomic E-state index is 13.0. The molecule has 0 saturated carbocycles. The maximum Gasteiger partial charge on any atom is 0.255 e. The number of ether oxygens (including phenoxy) is 1. The zero-order valence-corrected chi connectivity index (χ0v) is 19.0. The summed E-state index contributed by atoms with van der Waals surface area (Å²) in [6, 6.07) is 20.8. The summed E-state index contributed by atoms with van der Waals surface area (Å²) in [7, 11) is 0. The summed E-state index contributed by atoms with van der Waals surface area (Å²) < 4.78 is 5.55. The summed E-state index contributed by atoms with van der Waals surface area (Å²) in [5.41, 5.74) is 3.05. The van der Waals surface area contributed by atoms with Crippen molar-refractivity contribution in [3.8, 4) is 0 Å². The Morgan fingerprint density at radius 2 is 1.53 bits per heavy atom. The molecule has 0 aromatic heterocycles. The molecule has 1 aliphatic heterocycles. The van der Waals surface area contributed by atoms with Crippen LogP contribution in [0.2, 0.25) is 0 Å². The Kier molecular flexibility index (Phi) is 7.34. The molecule has 7 nitrogen and oxygen atoms in total. The first-order valence-corrected chi connectivity index (χ1v) is 11.3. The summed E-state index contributed by atoms with van der Waals surface area (Å²) in [5.74, 6) is -0.907. The van der Waals surface area contributed by atoms with Crippen LogP contribution in [0, 0.1) is 6.92 Å². The minimum Gasteiger partial charge on any atom is -0.376 e. The van der Waals surface area contributed by atoms with Crippen LogP contribution < -0.4 is 16.0 Å². The first-order valence-electron chi connectivity index (χ1n) is 11.3. The number of hydrogen-bond donors (Lipinski definition) is 3. The lowest BCUT2D eigenvalue weighted by Gasteiger charge is -2.14. The van der Waals surface area contributed by atoms with Crippen LogP contribution >= 0.6 is 0 Å². The summed E-state index contributed by atoms with van der Waals surface area (Å²) >= 11 is 0. The number of rotatable bonds is 7. The van der Waals surface area contributed by atoms with Crippen molar-refractivity contribution in [3.63, 3.8) is 0 Å². The number of carbonyl (C=O) groups excluding carboxylic acids is 3. The van der Waals surface area contributed by atoms with Gasteiger partial charge in [-0.05, 0) is 61.7 Å². The molecule has 3 amide bonds. The van der Waals surface area contributed by atoms with E-state index in [1.807, 2.05) is 13.0 Å². The van der Waals surface area contributed by atoms with Crippen molar-refractivity contribution in [1.29, 1.82) is 0 Å². The highest BCUT2D eigenvalue weighted by molar-refractivity contribution is 6.10. The number of benzene rings is 3. The summed E-state index contributed by atoms with van der Waals surface area (Å²) in [5, 5.41) is 8.57. The van der Waals surface area contributed by atoms with Gasteiger partial charge in [-0.25, -0.2) is 0 Å². The van der Waals surface area contributed by atoms with Crippen LogP contribution in [0.1, 0.15) is 49.5 Å². The van der Waals surface area contributed by atoms with E-state index in [1.54, 1.807) is 66.7 Å². The van der Waals surface area contributed by atoms with Crippen LogP contribution in [0.25, 0.3) is 0 Å². The molecule has 4 rings (SSSR count). The topological polar surface area (TPSA) is 96.5 Å². The predicted octanol–water partition coefficient (Wildman–Crippen LogP) is 4.41. The molecule has 1 heterocycles. The average molecular weight is 458 g/mol. The molecule has 1 aliphatic rings. The van der Waals surface area contributed by atoms with Gasteiger partial charge in [0, 0.05) is 30.0 Å². The Hall–Kier alpha value is -3.97. The summed E-state index contributed by atoms with van der Waals surface area (Å²) in [6.45, 7) is 3.01. The molecule has 3 aromatic carbocycles. The van der Waals surface area contributed by atoms with Crippen LogP contribution in [-0.4, -0.2) is 37.0 Å². The number of anilines is 2. The van der Waals surface area contributed by atoms with Crippen LogP contribution in [0.5, 0.6) is 0 Å². The first-order chi connectivity index (χ1) is 16.5. The van der Waals surface area contributed by atoms with E-state index in [1.165, 1.54) is 0 Å². The Morgan fingerprint density at radius 1 is 0.824 bits per heavy atom. The third-order valence-corrected chi connectivity index (χ3v) is 5.72. The molecule has 0 aliphatic carbocycles. The number of hydrogen-bond acceptors (Lipinski definition) is 4. The van der Waals surface area contributed by atoms with E-state index < -0.39 is 0 Å². The highest BCUT2D eigenvalue weighted by Crippen LogP contribution is 2.21. The fraction of sp³-hybridized carbons (Fsp3) is 0.222. The lowest BCUT2D eigenvalue weighted by Crippen LogP contribution is -2.32. The minimum absolute atomic E-state index is 0.0304. The van der Waals surface area contributed by atoms with Crippen LogP contribution in [0.3, 0.4) is 0 Å². The average Bonchev–Trinajstić information content (AvgIpc) is 3.38. The Labute approximate surface area is 198 Å². The molecule has 7 heteroatoms. The fourth-order valence-corrected chi connectivity index (χ4v) is 3.77. The minimum atomic E-state index is -0.380. The van der Waals surface area contributed by atoms with Gasteiger partial charge in [0.1, 0.15) is 0 Å². The first kappa shape index (κ1) is 23.2. The normalized spacial score (nSPS) is 14.9. The number of carbonyl (C=O) groups is 3. The smallest absolute Gasteiger partial charge is 0.255 e. The van der Waals surface area contributed by atoms with Crippen LogP contribution in [0.4, 0.5) is 11.4 Å². The molecule has 1 fully saturated rings. The second-order valence-corrected chi connectivity index (χ2v) is 8.19. The second kappa shape index (κ2) is 10.8. The molecule has 34 heavy (non-hydrogen) atoms. The lowest BCUT2D eigenvalue weighted by atomic mass is 10.1. The van der Waals surface area contributed by atoms with Gasteiger partial charge in [-0.1, -0.05) is 36.4 Å². The molecule has 174 valence electrons. The summed E-state index contributed by atoms with van der Waals surface area (Å²) in [6.07, 6.45) is 1.95. The van der Waals surface area contributed by atoms with Gasteiger partial charge in [0.25, 0.3) is 17.7 Å². The van der Waals surface area contributed by atoms with Gasteiger partial charge in [0.05, 0.1) is 17.4 Å². The monoisotopic (exact) mass is 457 g/mol. The van der Waals surface area contributed by atoms with E-state index in [0.717, 1.165) is 25.0 Å². The van der Waals surface area contributed by atoms with Crippen molar-refractivity contribution in [2.24, 2.45) is 0 Å². The molecule has 0 unspecified atom stereocenters. The van der Waals surface area contributed by atoms with Gasteiger partial charge >= 0.3 is 0 Å². The molecular weight excluding hydrogens is 430 g/mol. The zero-order valence-electron chi connectivity index (χ0n) is 19.0.